The fourth-order valence-electron chi connectivity index (χ4n) is 3.44. The minimum Gasteiger partial charge on any atom is -0.378 e. The van der Waals surface area contributed by atoms with Crippen molar-refractivity contribution in [1.29, 1.82) is 0 Å². The molecule has 0 bridgehead atoms. The van der Waals surface area contributed by atoms with Gasteiger partial charge in [-0.15, -0.1) is 0 Å². The van der Waals surface area contributed by atoms with Gasteiger partial charge in [-0.25, -0.2) is 0 Å². The molecular formula is C16H20BrNO2. The minimum atomic E-state index is -0.294. The van der Waals surface area contributed by atoms with E-state index in [1.54, 1.807) is 0 Å². The van der Waals surface area contributed by atoms with Gasteiger partial charge in [0.2, 0.25) is 5.91 Å². The molecule has 1 amide bonds. The van der Waals surface area contributed by atoms with E-state index in [0.29, 0.717) is 19.1 Å². The Morgan fingerprint density at radius 1 is 1.10 bits per heavy atom. The Kier molecular flexibility index (Phi) is 4.13. The second kappa shape index (κ2) is 5.86. The molecule has 0 unspecified atom stereocenters. The van der Waals surface area contributed by atoms with Crippen LogP contribution in [0.1, 0.15) is 31.2 Å². The van der Waals surface area contributed by atoms with Gasteiger partial charge in [-0.3, -0.25) is 4.79 Å². The molecule has 3 rings (SSSR count). The van der Waals surface area contributed by atoms with Gasteiger partial charge in [0.25, 0.3) is 0 Å². The molecule has 0 spiro atoms. The fraction of sp³-hybridized carbons (Fsp3) is 0.562. The number of hydrogen-bond donors (Lipinski definition) is 0. The molecule has 1 saturated carbocycles. The lowest BCUT2D eigenvalue weighted by molar-refractivity contribution is -0.141. The number of amides is 1. The number of ether oxygens (including phenoxy) is 1. The third-order valence-corrected chi connectivity index (χ3v) is 5.09. The lowest BCUT2D eigenvalue weighted by atomic mass is 9.77. The molecule has 1 saturated heterocycles. The van der Waals surface area contributed by atoms with Gasteiger partial charge in [-0.1, -0.05) is 40.9 Å². The second-order valence-electron chi connectivity index (χ2n) is 5.70. The number of hydrogen-bond acceptors (Lipinski definition) is 2. The van der Waals surface area contributed by atoms with Crippen molar-refractivity contribution in [2.45, 2.75) is 31.1 Å². The van der Waals surface area contributed by atoms with Crippen molar-refractivity contribution >= 4 is 21.8 Å². The van der Waals surface area contributed by atoms with Crippen LogP contribution in [0.15, 0.2) is 28.7 Å². The number of benzene rings is 1. The van der Waals surface area contributed by atoms with Crippen molar-refractivity contribution in [2.24, 2.45) is 0 Å². The molecule has 4 heteroatoms. The summed E-state index contributed by atoms with van der Waals surface area (Å²) in [6.07, 6.45) is 4.24. The summed E-state index contributed by atoms with van der Waals surface area (Å²) < 4.78 is 6.43. The SMILES string of the molecule is O=C(N1CCOCC1)C1(c2ccc(Br)cc2)CCCC1. The molecule has 0 radical (unpaired) electrons. The van der Waals surface area contributed by atoms with Gasteiger partial charge in [0, 0.05) is 17.6 Å². The van der Waals surface area contributed by atoms with Gasteiger partial charge < -0.3 is 9.64 Å². The Bertz CT molecular complexity index is 474. The van der Waals surface area contributed by atoms with E-state index in [9.17, 15) is 4.79 Å². The lowest BCUT2D eigenvalue weighted by Gasteiger charge is -2.36. The molecule has 20 heavy (non-hydrogen) atoms. The van der Waals surface area contributed by atoms with Crippen LogP contribution in [0.5, 0.6) is 0 Å². The Labute approximate surface area is 128 Å². The Balaban J connectivity index is 1.90. The summed E-state index contributed by atoms with van der Waals surface area (Å²) >= 11 is 3.47. The third kappa shape index (κ3) is 2.51. The van der Waals surface area contributed by atoms with E-state index in [2.05, 4.69) is 28.1 Å². The van der Waals surface area contributed by atoms with Gasteiger partial charge >= 0.3 is 0 Å². The zero-order valence-corrected chi connectivity index (χ0v) is 13.2. The van der Waals surface area contributed by atoms with E-state index in [-0.39, 0.29) is 5.41 Å². The van der Waals surface area contributed by atoms with Crippen LogP contribution in [0.4, 0.5) is 0 Å². The van der Waals surface area contributed by atoms with Crippen LogP contribution >= 0.6 is 15.9 Å². The number of carbonyl (C=O) groups excluding carboxylic acids is 1. The zero-order chi connectivity index (χ0) is 14.0. The van der Waals surface area contributed by atoms with Crippen molar-refractivity contribution in [3.8, 4) is 0 Å². The molecule has 0 N–H and O–H groups in total. The molecule has 1 aromatic carbocycles. The van der Waals surface area contributed by atoms with E-state index >= 15 is 0 Å². The maximum atomic E-state index is 13.1. The van der Waals surface area contributed by atoms with E-state index in [1.165, 1.54) is 5.56 Å². The molecule has 2 aliphatic rings. The first kappa shape index (κ1) is 14.1. The Morgan fingerprint density at radius 2 is 1.70 bits per heavy atom. The maximum Gasteiger partial charge on any atom is 0.233 e. The predicted octanol–water partition coefficient (Wildman–Crippen LogP) is 3.12. The van der Waals surface area contributed by atoms with E-state index in [1.807, 2.05) is 17.0 Å². The number of halogens is 1. The summed E-state index contributed by atoms with van der Waals surface area (Å²) in [7, 11) is 0. The number of morpholine rings is 1. The Morgan fingerprint density at radius 3 is 2.30 bits per heavy atom. The Hall–Kier alpha value is -0.870. The fourth-order valence-corrected chi connectivity index (χ4v) is 3.71. The smallest absolute Gasteiger partial charge is 0.233 e. The van der Waals surface area contributed by atoms with Gasteiger partial charge in [0.05, 0.1) is 18.6 Å². The molecule has 1 aliphatic heterocycles. The van der Waals surface area contributed by atoms with Crippen LogP contribution in [0.3, 0.4) is 0 Å². The van der Waals surface area contributed by atoms with E-state index in [0.717, 1.165) is 43.2 Å². The first-order valence-corrected chi connectivity index (χ1v) is 8.15. The maximum absolute atomic E-state index is 13.1. The summed E-state index contributed by atoms with van der Waals surface area (Å²) in [6.45, 7) is 2.80. The highest BCUT2D eigenvalue weighted by molar-refractivity contribution is 9.10. The summed E-state index contributed by atoms with van der Waals surface area (Å²) in [5.41, 5.74) is 0.882. The molecule has 2 fully saturated rings. The van der Waals surface area contributed by atoms with Crippen LogP contribution < -0.4 is 0 Å². The van der Waals surface area contributed by atoms with Crippen molar-refractivity contribution < 1.29 is 9.53 Å². The summed E-state index contributed by atoms with van der Waals surface area (Å²) in [5.74, 6) is 0.306. The summed E-state index contributed by atoms with van der Waals surface area (Å²) in [5, 5.41) is 0. The third-order valence-electron chi connectivity index (χ3n) is 4.56. The van der Waals surface area contributed by atoms with Gasteiger partial charge in [-0.2, -0.15) is 0 Å². The minimum absolute atomic E-state index is 0.294. The van der Waals surface area contributed by atoms with Crippen LogP contribution in [-0.2, 0) is 14.9 Å². The normalized spacial score (nSPS) is 21.9. The van der Waals surface area contributed by atoms with Crippen LogP contribution in [0, 0.1) is 0 Å². The first-order chi connectivity index (χ1) is 9.72. The first-order valence-electron chi connectivity index (χ1n) is 7.35. The van der Waals surface area contributed by atoms with Gasteiger partial charge in [-0.05, 0) is 30.5 Å². The van der Waals surface area contributed by atoms with Crippen molar-refractivity contribution in [3.63, 3.8) is 0 Å². The molecule has 1 aromatic rings. The summed E-state index contributed by atoms with van der Waals surface area (Å²) in [6, 6.07) is 8.30. The largest absolute Gasteiger partial charge is 0.378 e. The molecular weight excluding hydrogens is 318 g/mol. The van der Waals surface area contributed by atoms with Crippen LogP contribution in [0.25, 0.3) is 0 Å². The number of rotatable bonds is 2. The second-order valence-corrected chi connectivity index (χ2v) is 6.62. The zero-order valence-electron chi connectivity index (χ0n) is 11.6. The topological polar surface area (TPSA) is 29.5 Å². The van der Waals surface area contributed by atoms with Gasteiger partial charge in [0.1, 0.15) is 0 Å². The molecule has 1 heterocycles. The van der Waals surface area contributed by atoms with E-state index in [4.69, 9.17) is 4.74 Å². The quantitative estimate of drug-likeness (QED) is 0.829. The highest BCUT2D eigenvalue weighted by Crippen LogP contribution is 2.43. The predicted molar refractivity (Wildman–Crippen MR) is 81.7 cm³/mol. The van der Waals surface area contributed by atoms with Crippen LogP contribution in [0.2, 0.25) is 0 Å². The van der Waals surface area contributed by atoms with Gasteiger partial charge in [0.15, 0.2) is 0 Å². The highest BCUT2D eigenvalue weighted by Gasteiger charge is 2.45. The average molecular weight is 338 g/mol. The lowest BCUT2D eigenvalue weighted by Crippen LogP contribution is -2.49. The highest BCUT2D eigenvalue weighted by atomic mass is 79.9. The van der Waals surface area contributed by atoms with Crippen molar-refractivity contribution in [1.82, 2.24) is 4.90 Å². The molecule has 0 atom stereocenters. The number of carbonyl (C=O) groups is 1. The molecule has 108 valence electrons. The monoisotopic (exact) mass is 337 g/mol. The van der Waals surface area contributed by atoms with E-state index < -0.39 is 0 Å². The molecule has 3 nitrogen and oxygen atoms in total. The summed E-state index contributed by atoms with van der Waals surface area (Å²) in [4.78, 5) is 15.1. The molecule has 0 aromatic heterocycles. The average Bonchev–Trinajstić information content (AvgIpc) is 2.99. The molecule has 1 aliphatic carbocycles. The standard InChI is InChI=1S/C16H20BrNO2/c17-14-5-3-13(4-6-14)16(7-1-2-8-16)15(19)18-9-11-20-12-10-18/h3-6H,1-2,7-12H2. The van der Waals surface area contributed by atoms with Crippen LogP contribution in [-0.4, -0.2) is 37.1 Å². The van der Waals surface area contributed by atoms with Crippen molar-refractivity contribution in [2.75, 3.05) is 26.3 Å². The number of nitrogens with zero attached hydrogens (tertiary/aromatic N) is 1. The van der Waals surface area contributed by atoms with Crippen molar-refractivity contribution in [3.05, 3.63) is 34.3 Å².